The van der Waals surface area contributed by atoms with Crippen molar-refractivity contribution in [3.05, 3.63) is 24.3 Å². The van der Waals surface area contributed by atoms with E-state index in [4.69, 9.17) is 18.9 Å². The average Bonchev–Trinajstić information content (AvgIpc) is 2.48. The Kier molecular flexibility index (Phi) is 2.79. The Morgan fingerprint density at radius 1 is 0.417 bits per heavy atom. The number of carbonyl (C=O) groups excluding carboxylic acids is 4. The lowest BCUT2D eigenvalue weighted by molar-refractivity contribution is 0.0840. The fourth-order valence-corrected chi connectivity index (χ4v) is 2.29. The number of benzene rings is 2. The SMILES string of the molecule is O=C1OC(=O)Oc2ccc3c4c(ccc(c24)O1)OC(=O)OC(=O)O3. The summed E-state index contributed by atoms with van der Waals surface area (Å²) in [6, 6.07) is 5.12. The quantitative estimate of drug-likeness (QED) is 0.404. The summed E-state index contributed by atoms with van der Waals surface area (Å²) in [5.74, 6) is -0.234. The minimum absolute atomic E-state index is 0.0586. The molecular formula is C14H4O10. The monoisotopic (exact) mass is 332 g/mol. The summed E-state index contributed by atoms with van der Waals surface area (Å²) < 4.78 is 28.1. The Labute approximate surface area is 131 Å². The van der Waals surface area contributed by atoms with Crippen molar-refractivity contribution in [1.82, 2.24) is 0 Å². The molecule has 10 nitrogen and oxygen atoms in total. The van der Waals surface area contributed by atoms with Gasteiger partial charge in [0.2, 0.25) is 0 Å². The lowest BCUT2D eigenvalue weighted by Crippen LogP contribution is -2.23. The summed E-state index contributed by atoms with van der Waals surface area (Å²) in [4.78, 5) is 45.8. The number of hydrogen-bond acceptors (Lipinski definition) is 10. The maximum absolute atomic E-state index is 11.4. The van der Waals surface area contributed by atoms with Crippen molar-refractivity contribution >= 4 is 35.4 Å². The number of hydrogen-bond donors (Lipinski definition) is 0. The van der Waals surface area contributed by atoms with E-state index in [0.29, 0.717) is 0 Å². The van der Waals surface area contributed by atoms with E-state index < -0.39 is 24.6 Å². The zero-order chi connectivity index (χ0) is 16.8. The summed E-state index contributed by atoms with van der Waals surface area (Å²) in [7, 11) is 0. The highest BCUT2D eigenvalue weighted by atomic mass is 16.8. The molecule has 0 fully saturated rings. The molecule has 0 amide bonds. The molecule has 2 aromatic rings. The van der Waals surface area contributed by atoms with E-state index in [9.17, 15) is 19.2 Å². The van der Waals surface area contributed by atoms with Crippen molar-refractivity contribution in [2.24, 2.45) is 0 Å². The fourth-order valence-electron chi connectivity index (χ4n) is 2.29. The van der Waals surface area contributed by atoms with Gasteiger partial charge < -0.3 is 28.4 Å². The van der Waals surface area contributed by atoms with Crippen LogP contribution in [0.25, 0.3) is 10.8 Å². The minimum atomic E-state index is -1.31. The first kappa shape index (κ1) is 13.8. The van der Waals surface area contributed by atoms with Gasteiger partial charge in [0.05, 0.1) is 10.8 Å². The number of rotatable bonds is 0. The maximum Gasteiger partial charge on any atom is 0.524 e. The molecule has 0 aromatic heterocycles. The lowest BCUT2D eigenvalue weighted by Gasteiger charge is -2.19. The second-order valence-corrected chi connectivity index (χ2v) is 4.49. The normalized spacial score (nSPS) is 16.2. The summed E-state index contributed by atoms with van der Waals surface area (Å²) in [5.41, 5.74) is 0. The highest BCUT2D eigenvalue weighted by molar-refractivity contribution is 6.06. The van der Waals surface area contributed by atoms with Crippen LogP contribution in [-0.4, -0.2) is 24.6 Å². The predicted octanol–water partition coefficient (Wildman–Crippen LogP) is 2.90. The standard InChI is InChI=1S/C14H4O10/c15-11-19-5-1-2-6-10-8(22-14(18)24-12(16)20-6)4-3-7(9(5)10)21-13(17)23-11/h1-4H. The zero-order valence-electron chi connectivity index (χ0n) is 11.4. The molecule has 2 aliphatic rings. The number of cyclic esters (lactones) is 4. The van der Waals surface area contributed by atoms with Gasteiger partial charge in [0.25, 0.3) is 0 Å². The third kappa shape index (κ3) is 2.13. The van der Waals surface area contributed by atoms with Crippen molar-refractivity contribution in [2.45, 2.75) is 0 Å². The molecule has 2 aromatic carbocycles. The van der Waals surface area contributed by atoms with E-state index in [2.05, 4.69) is 9.47 Å². The third-order valence-corrected chi connectivity index (χ3v) is 3.11. The van der Waals surface area contributed by atoms with Crippen LogP contribution in [0.5, 0.6) is 23.0 Å². The molecular weight excluding hydrogens is 328 g/mol. The molecule has 24 heavy (non-hydrogen) atoms. The summed E-state index contributed by atoms with van der Waals surface area (Å²) in [5, 5.41) is 0.134. The molecule has 0 N–H and O–H groups in total. The number of carbonyl (C=O) groups is 4. The summed E-state index contributed by atoms with van der Waals surface area (Å²) >= 11 is 0. The highest BCUT2D eigenvalue weighted by Gasteiger charge is 2.29. The van der Waals surface area contributed by atoms with Crippen molar-refractivity contribution in [3.63, 3.8) is 0 Å². The van der Waals surface area contributed by atoms with Crippen LogP contribution in [0.4, 0.5) is 19.2 Å². The molecule has 0 radical (unpaired) electrons. The van der Waals surface area contributed by atoms with Crippen LogP contribution in [-0.2, 0) is 9.47 Å². The largest absolute Gasteiger partial charge is 0.524 e. The van der Waals surface area contributed by atoms with E-state index in [1.54, 1.807) is 0 Å². The van der Waals surface area contributed by atoms with Crippen LogP contribution < -0.4 is 18.9 Å². The van der Waals surface area contributed by atoms with Gasteiger partial charge in [-0.2, -0.15) is 0 Å². The molecule has 0 unspecified atom stereocenters. The molecule has 0 aliphatic carbocycles. The van der Waals surface area contributed by atoms with Crippen LogP contribution in [0.1, 0.15) is 0 Å². The van der Waals surface area contributed by atoms with Gasteiger partial charge in [-0.3, -0.25) is 0 Å². The summed E-state index contributed by atoms with van der Waals surface area (Å²) in [6.07, 6.45) is -5.24. The fraction of sp³-hybridized carbons (Fsp3) is 0. The average molecular weight is 332 g/mol. The van der Waals surface area contributed by atoms with Crippen LogP contribution in [0, 0.1) is 0 Å². The Balaban J connectivity index is 2.06. The highest BCUT2D eigenvalue weighted by Crippen LogP contribution is 2.45. The topological polar surface area (TPSA) is 124 Å². The Morgan fingerprint density at radius 2 is 0.667 bits per heavy atom. The van der Waals surface area contributed by atoms with E-state index in [1.807, 2.05) is 0 Å². The lowest BCUT2D eigenvalue weighted by atomic mass is 10.1. The van der Waals surface area contributed by atoms with Crippen molar-refractivity contribution in [3.8, 4) is 23.0 Å². The first-order valence-electron chi connectivity index (χ1n) is 6.34. The molecule has 120 valence electrons. The van der Waals surface area contributed by atoms with Gasteiger partial charge in [-0.25, -0.2) is 19.2 Å². The van der Waals surface area contributed by atoms with Crippen LogP contribution >= 0.6 is 0 Å². The third-order valence-electron chi connectivity index (χ3n) is 3.11. The van der Waals surface area contributed by atoms with E-state index in [1.165, 1.54) is 24.3 Å². The first-order valence-corrected chi connectivity index (χ1v) is 6.34. The molecule has 10 heteroatoms. The van der Waals surface area contributed by atoms with Crippen LogP contribution in [0.3, 0.4) is 0 Å². The van der Waals surface area contributed by atoms with Crippen molar-refractivity contribution in [2.75, 3.05) is 0 Å². The van der Waals surface area contributed by atoms with E-state index >= 15 is 0 Å². The molecule has 2 heterocycles. The molecule has 0 spiro atoms. The minimum Gasteiger partial charge on any atom is -0.394 e. The van der Waals surface area contributed by atoms with Gasteiger partial charge in [-0.05, 0) is 24.3 Å². The molecule has 2 aliphatic heterocycles. The van der Waals surface area contributed by atoms with Gasteiger partial charge in [-0.15, -0.1) is 0 Å². The van der Waals surface area contributed by atoms with Gasteiger partial charge in [0.1, 0.15) is 23.0 Å². The van der Waals surface area contributed by atoms with Crippen molar-refractivity contribution in [1.29, 1.82) is 0 Å². The Bertz CT molecular complexity index is 797. The Morgan fingerprint density at radius 3 is 0.917 bits per heavy atom. The van der Waals surface area contributed by atoms with Crippen molar-refractivity contribution < 1.29 is 47.6 Å². The predicted molar refractivity (Wildman–Crippen MR) is 70.2 cm³/mol. The second-order valence-electron chi connectivity index (χ2n) is 4.49. The van der Waals surface area contributed by atoms with E-state index in [-0.39, 0.29) is 33.8 Å². The van der Waals surface area contributed by atoms with Gasteiger partial charge >= 0.3 is 24.6 Å². The molecule has 0 saturated heterocycles. The molecule has 0 atom stereocenters. The smallest absolute Gasteiger partial charge is 0.394 e. The van der Waals surface area contributed by atoms with Gasteiger partial charge in [0, 0.05) is 0 Å². The Hall–Kier alpha value is -3.82. The van der Waals surface area contributed by atoms with Gasteiger partial charge in [-0.1, -0.05) is 0 Å². The second kappa shape index (κ2) is 4.84. The molecule has 0 bridgehead atoms. The van der Waals surface area contributed by atoms with E-state index in [0.717, 1.165) is 0 Å². The molecule has 4 rings (SSSR count). The van der Waals surface area contributed by atoms with Crippen LogP contribution in [0.15, 0.2) is 24.3 Å². The van der Waals surface area contributed by atoms with Gasteiger partial charge in [0.15, 0.2) is 0 Å². The van der Waals surface area contributed by atoms with Crippen LogP contribution in [0.2, 0.25) is 0 Å². The molecule has 0 saturated carbocycles. The number of ether oxygens (including phenoxy) is 6. The first-order chi connectivity index (χ1) is 11.5. The zero-order valence-corrected chi connectivity index (χ0v) is 11.4. The summed E-state index contributed by atoms with van der Waals surface area (Å²) in [6.45, 7) is 0. The maximum atomic E-state index is 11.4.